The maximum atomic E-state index is 12.7. The van der Waals surface area contributed by atoms with Gasteiger partial charge in [0.25, 0.3) is 5.91 Å². The summed E-state index contributed by atoms with van der Waals surface area (Å²) < 4.78 is 42.8. The van der Waals surface area contributed by atoms with Gasteiger partial charge in [-0.3, -0.25) is 4.79 Å². The number of carboxylic acids is 1. The molecule has 0 aliphatic rings. The fraction of sp³-hybridized carbons (Fsp3) is 0.385. The number of aromatic carboxylic acids is 1. The van der Waals surface area contributed by atoms with E-state index in [1.54, 1.807) is 0 Å². The van der Waals surface area contributed by atoms with Crippen molar-refractivity contribution in [3.05, 3.63) is 29.3 Å². The maximum absolute atomic E-state index is 12.7. The molecule has 0 fully saturated rings. The van der Waals surface area contributed by atoms with E-state index in [-0.39, 0.29) is 0 Å². The number of rotatable bonds is 4. The summed E-state index contributed by atoms with van der Waals surface area (Å²) in [5, 5.41) is 11.1. The molecule has 0 aliphatic carbocycles. The average Bonchev–Trinajstić information content (AvgIpc) is 2.37. The summed E-state index contributed by atoms with van der Waals surface area (Å²) in [6.45, 7) is 2.80. The molecule has 5 nitrogen and oxygen atoms in total. The van der Waals surface area contributed by atoms with Gasteiger partial charge in [-0.1, -0.05) is 0 Å². The molecule has 0 heterocycles. The Morgan fingerprint density at radius 1 is 1.24 bits per heavy atom. The fourth-order valence-electron chi connectivity index (χ4n) is 1.38. The summed E-state index contributed by atoms with van der Waals surface area (Å²) in [7, 11) is 1.25. The number of nitrogens with one attached hydrogen (secondary N) is 1. The van der Waals surface area contributed by atoms with Gasteiger partial charge in [0.2, 0.25) is 0 Å². The van der Waals surface area contributed by atoms with Crippen molar-refractivity contribution in [2.24, 2.45) is 0 Å². The molecule has 116 valence electrons. The minimum atomic E-state index is -4.65. The molecule has 0 aromatic heterocycles. The Morgan fingerprint density at radius 3 is 2.24 bits per heavy atom. The number of benzene rings is 1. The van der Waals surface area contributed by atoms with Gasteiger partial charge in [0.05, 0.1) is 16.8 Å². The third kappa shape index (κ3) is 3.94. The highest BCUT2D eigenvalue weighted by atomic mass is 19.4. The van der Waals surface area contributed by atoms with Crippen molar-refractivity contribution in [3.63, 3.8) is 0 Å². The van der Waals surface area contributed by atoms with E-state index < -0.39 is 40.5 Å². The predicted molar refractivity (Wildman–Crippen MR) is 68.1 cm³/mol. The summed E-state index contributed by atoms with van der Waals surface area (Å²) in [5.74, 6) is -2.21. The molecule has 0 radical (unpaired) electrons. The number of halogens is 3. The molecule has 0 saturated heterocycles. The molecule has 1 rings (SSSR count). The van der Waals surface area contributed by atoms with Gasteiger partial charge in [-0.15, -0.1) is 0 Å². The first-order valence-electron chi connectivity index (χ1n) is 5.80. The number of methoxy groups -OCH3 is 1. The second-order valence-corrected chi connectivity index (χ2v) is 4.73. The minimum absolute atomic E-state index is 0.438. The highest BCUT2D eigenvalue weighted by Gasteiger charge is 2.33. The van der Waals surface area contributed by atoms with Gasteiger partial charge in [-0.2, -0.15) is 13.2 Å². The largest absolute Gasteiger partial charge is 0.478 e. The van der Waals surface area contributed by atoms with Crippen molar-refractivity contribution >= 4 is 17.6 Å². The van der Waals surface area contributed by atoms with Crippen molar-refractivity contribution in [2.45, 2.75) is 25.6 Å². The third-order valence-corrected chi connectivity index (χ3v) is 2.88. The van der Waals surface area contributed by atoms with Gasteiger partial charge >= 0.3 is 12.1 Å². The number of ether oxygens (including phenoxy) is 1. The number of carboxylic acid groups (broad SMARTS) is 1. The van der Waals surface area contributed by atoms with Crippen LogP contribution in [0.3, 0.4) is 0 Å². The van der Waals surface area contributed by atoms with Crippen LogP contribution in [0.15, 0.2) is 18.2 Å². The molecule has 2 N–H and O–H groups in total. The van der Waals surface area contributed by atoms with Crippen molar-refractivity contribution in [1.82, 2.24) is 0 Å². The summed E-state index contributed by atoms with van der Waals surface area (Å²) in [5.41, 5.74) is -3.25. The Morgan fingerprint density at radius 2 is 1.81 bits per heavy atom. The number of carbonyl (C=O) groups excluding carboxylic acids is 1. The second kappa shape index (κ2) is 5.72. The predicted octanol–water partition coefficient (Wildman–Crippen LogP) is 2.77. The van der Waals surface area contributed by atoms with Crippen LogP contribution in [0.5, 0.6) is 0 Å². The SMILES string of the molecule is COC(C)(C)C(=O)Nc1cc(C(F)(F)F)ccc1C(=O)O. The van der Waals surface area contributed by atoms with Crippen LogP contribution in [-0.4, -0.2) is 29.7 Å². The van der Waals surface area contributed by atoms with Crippen LogP contribution in [0.4, 0.5) is 18.9 Å². The van der Waals surface area contributed by atoms with E-state index in [2.05, 4.69) is 5.32 Å². The van der Waals surface area contributed by atoms with Crippen molar-refractivity contribution in [1.29, 1.82) is 0 Å². The topological polar surface area (TPSA) is 75.6 Å². The molecule has 0 spiro atoms. The number of hydrogen-bond acceptors (Lipinski definition) is 3. The Balaban J connectivity index is 3.25. The Bertz CT molecular complexity index is 567. The molecule has 0 bridgehead atoms. The van der Waals surface area contributed by atoms with Gasteiger partial charge in [-0.25, -0.2) is 4.79 Å². The molecule has 0 unspecified atom stereocenters. The van der Waals surface area contributed by atoms with Crippen molar-refractivity contribution < 1.29 is 32.6 Å². The van der Waals surface area contributed by atoms with Crippen LogP contribution in [0, 0.1) is 0 Å². The highest BCUT2D eigenvalue weighted by molar-refractivity contribution is 6.03. The van der Waals surface area contributed by atoms with E-state index in [4.69, 9.17) is 9.84 Å². The molecule has 21 heavy (non-hydrogen) atoms. The van der Waals surface area contributed by atoms with Gasteiger partial charge in [0.15, 0.2) is 0 Å². The van der Waals surface area contributed by atoms with E-state index in [9.17, 15) is 22.8 Å². The summed E-state index contributed by atoms with van der Waals surface area (Å²) in [6, 6.07) is 2.01. The smallest absolute Gasteiger partial charge is 0.416 e. The van der Waals surface area contributed by atoms with E-state index in [0.717, 1.165) is 6.07 Å². The van der Waals surface area contributed by atoms with E-state index in [1.807, 2.05) is 0 Å². The van der Waals surface area contributed by atoms with Crippen LogP contribution in [0.1, 0.15) is 29.8 Å². The number of amides is 1. The molecule has 0 saturated carbocycles. The molecular formula is C13H14F3NO4. The van der Waals surface area contributed by atoms with Gasteiger partial charge in [0.1, 0.15) is 5.60 Å². The lowest BCUT2D eigenvalue weighted by atomic mass is 10.1. The molecule has 1 amide bonds. The van der Waals surface area contributed by atoms with Crippen LogP contribution < -0.4 is 5.32 Å². The minimum Gasteiger partial charge on any atom is -0.478 e. The summed E-state index contributed by atoms with van der Waals surface area (Å²) in [4.78, 5) is 22.9. The fourth-order valence-corrected chi connectivity index (χ4v) is 1.38. The van der Waals surface area contributed by atoms with Gasteiger partial charge < -0.3 is 15.2 Å². The molecule has 8 heteroatoms. The standard InChI is InChI=1S/C13H14F3NO4/c1-12(2,21-3)11(20)17-9-6-7(13(14,15)16)4-5-8(9)10(18)19/h4-6H,1-3H3,(H,17,20)(H,18,19). The highest BCUT2D eigenvalue weighted by Crippen LogP contribution is 2.32. The van der Waals surface area contributed by atoms with Crippen LogP contribution in [0.2, 0.25) is 0 Å². The van der Waals surface area contributed by atoms with Crippen LogP contribution >= 0.6 is 0 Å². The number of carbonyl (C=O) groups is 2. The first-order valence-corrected chi connectivity index (χ1v) is 5.80. The normalized spacial score (nSPS) is 12.1. The number of alkyl halides is 3. The molecule has 1 aromatic carbocycles. The average molecular weight is 305 g/mol. The lowest BCUT2D eigenvalue weighted by Crippen LogP contribution is -2.39. The second-order valence-electron chi connectivity index (χ2n) is 4.73. The number of anilines is 1. The summed E-state index contributed by atoms with van der Waals surface area (Å²) >= 11 is 0. The lowest BCUT2D eigenvalue weighted by molar-refractivity contribution is -0.137. The van der Waals surface area contributed by atoms with E-state index >= 15 is 0 Å². The molecular weight excluding hydrogens is 291 g/mol. The maximum Gasteiger partial charge on any atom is 0.416 e. The Kier molecular flexibility index (Phi) is 4.62. The lowest BCUT2D eigenvalue weighted by Gasteiger charge is -2.22. The van der Waals surface area contributed by atoms with Gasteiger partial charge in [-0.05, 0) is 32.0 Å². The molecule has 0 atom stereocenters. The van der Waals surface area contributed by atoms with E-state index in [1.165, 1.54) is 21.0 Å². The zero-order valence-electron chi connectivity index (χ0n) is 11.5. The van der Waals surface area contributed by atoms with Crippen LogP contribution in [0.25, 0.3) is 0 Å². The van der Waals surface area contributed by atoms with E-state index in [0.29, 0.717) is 12.1 Å². The number of hydrogen-bond donors (Lipinski definition) is 2. The summed E-state index contributed by atoms with van der Waals surface area (Å²) in [6.07, 6.45) is -4.65. The first kappa shape index (κ1) is 17.0. The van der Waals surface area contributed by atoms with Crippen LogP contribution in [-0.2, 0) is 15.7 Å². The molecule has 0 aliphatic heterocycles. The quantitative estimate of drug-likeness (QED) is 0.897. The Hall–Kier alpha value is -2.09. The zero-order chi connectivity index (χ0) is 16.4. The Labute approximate surface area is 118 Å². The monoisotopic (exact) mass is 305 g/mol. The van der Waals surface area contributed by atoms with Gasteiger partial charge in [0, 0.05) is 7.11 Å². The molecule has 1 aromatic rings. The first-order chi connectivity index (χ1) is 9.49. The third-order valence-electron chi connectivity index (χ3n) is 2.88. The zero-order valence-corrected chi connectivity index (χ0v) is 11.5. The van der Waals surface area contributed by atoms with Crippen molar-refractivity contribution in [3.8, 4) is 0 Å². The van der Waals surface area contributed by atoms with Crippen molar-refractivity contribution in [2.75, 3.05) is 12.4 Å².